The van der Waals surface area contributed by atoms with E-state index in [9.17, 15) is 0 Å². The molecule has 0 bridgehead atoms. The van der Waals surface area contributed by atoms with Crippen molar-refractivity contribution in [1.82, 2.24) is 0 Å². The summed E-state index contributed by atoms with van der Waals surface area (Å²) in [5, 5.41) is 5.39. The molecule has 3 heteroatoms. The molecule has 0 aliphatic heterocycles. The van der Waals surface area contributed by atoms with Gasteiger partial charge in [-0.25, -0.2) is 11.6 Å². The normalized spacial score (nSPS) is 10.1. The number of rotatable bonds is 2. The minimum absolute atomic E-state index is 1.15. The van der Waals surface area contributed by atoms with E-state index >= 15 is 0 Å². The number of hydrogen-bond donors (Lipinski definition) is 0. The zero-order chi connectivity index (χ0) is 24.5. The van der Waals surface area contributed by atoms with Gasteiger partial charge < -0.3 is 0 Å². The summed E-state index contributed by atoms with van der Waals surface area (Å²) in [6, 6.07) is 47.8. The summed E-state index contributed by atoms with van der Waals surface area (Å²) in [5.41, 5.74) is 3.64. The molecule has 0 radical (unpaired) electrons. The van der Waals surface area contributed by atoms with Gasteiger partial charge in [-0.2, -0.15) is 18.2 Å². The molecule has 0 unspecified atom stereocenters. The van der Waals surface area contributed by atoms with E-state index in [1.54, 1.807) is 0 Å². The molecule has 0 heterocycles. The number of fused-ring (bicyclic) bond motifs is 3. The van der Waals surface area contributed by atoms with Crippen LogP contribution in [0.4, 0.5) is 0 Å². The molecule has 0 N–H and O–H groups in total. The molecule has 0 saturated heterocycles. The Hall–Kier alpha value is -2.57. The van der Waals surface area contributed by atoms with Crippen molar-refractivity contribution in [2.24, 2.45) is 0 Å². The van der Waals surface area contributed by atoms with E-state index in [0.29, 0.717) is 0 Å². The van der Waals surface area contributed by atoms with Crippen molar-refractivity contribution in [1.29, 1.82) is 0 Å². The van der Waals surface area contributed by atoms with Crippen LogP contribution >= 0.6 is 17.0 Å². The SMILES string of the molecule is Cc1cc[cH-]c1.[Cl][Zr]([Cl])=[C](c1ccccc1)c1ccccc1.c1ccc2c(c1)[cH-]c1ccccc12. The molecule has 0 atom stereocenters. The van der Waals surface area contributed by atoms with Crippen molar-refractivity contribution in [3.05, 3.63) is 156 Å². The zero-order valence-corrected chi connectivity index (χ0v) is 23.5. The second kappa shape index (κ2) is 12.9. The van der Waals surface area contributed by atoms with Gasteiger partial charge in [0.05, 0.1) is 0 Å². The molecule has 174 valence electrons. The van der Waals surface area contributed by atoms with E-state index in [2.05, 4.69) is 97.9 Å². The zero-order valence-electron chi connectivity index (χ0n) is 19.5. The van der Waals surface area contributed by atoms with Crippen LogP contribution in [0.3, 0.4) is 0 Å². The number of halogens is 2. The summed E-state index contributed by atoms with van der Waals surface area (Å²) in [7, 11) is 12.5. The third-order valence-electron chi connectivity index (χ3n) is 5.67. The Labute approximate surface area is 222 Å². The van der Waals surface area contributed by atoms with Crippen molar-refractivity contribution in [3.8, 4) is 0 Å². The second-order valence-corrected chi connectivity index (χ2v) is 16.3. The maximum Gasteiger partial charge on any atom is -0.0771 e. The fourth-order valence-electron chi connectivity index (χ4n) is 3.97. The van der Waals surface area contributed by atoms with Crippen LogP contribution < -0.4 is 0 Å². The van der Waals surface area contributed by atoms with Crippen LogP contribution in [0.15, 0.2) is 140 Å². The minimum Gasteiger partial charge on any atom is -0.126 e. The summed E-state index contributed by atoms with van der Waals surface area (Å²) >= 11 is -2.44. The van der Waals surface area contributed by atoms with Crippen LogP contribution in [0.2, 0.25) is 0 Å². The van der Waals surface area contributed by atoms with Crippen molar-refractivity contribution >= 4 is 41.8 Å². The van der Waals surface area contributed by atoms with Crippen LogP contribution in [0, 0.1) is 6.92 Å². The maximum absolute atomic E-state index is 6.24. The fourth-order valence-corrected chi connectivity index (χ4v) is 8.44. The monoisotopic (exact) mass is 570 g/mol. The number of benzene rings is 4. The molecular formula is C32H26Cl2Zr-2. The second-order valence-electron chi connectivity index (χ2n) is 8.15. The molecule has 0 spiro atoms. The molecule has 6 aromatic carbocycles. The van der Waals surface area contributed by atoms with Gasteiger partial charge in [-0.3, -0.25) is 0 Å². The molecule has 0 nitrogen and oxygen atoms in total. The summed E-state index contributed by atoms with van der Waals surface area (Å²) in [6.07, 6.45) is 0. The number of hydrogen-bond acceptors (Lipinski definition) is 0. The molecule has 35 heavy (non-hydrogen) atoms. The molecule has 6 rings (SSSR count). The first-order valence-electron chi connectivity index (χ1n) is 11.5. The average Bonchev–Trinajstić information content (AvgIpc) is 3.52. The smallest absolute Gasteiger partial charge is 0.0771 e. The van der Waals surface area contributed by atoms with Gasteiger partial charge in [0.2, 0.25) is 0 Å². The van der Waals surface area contributed by atoms with Crippen LogP contribution in [0.5, 0.6) is 0 Å². The van der Waals surface area contributed by atoms with Gasteiger partial charge in [0.15, 0.2) is 0 Å². The summed E-state index contributed by atoms with van der Waals surface area (Å²) in [4.78, 5) is 0. The average molecular weight is 573 g/mol. The quantitative estimate of drug-likeness (QED) is 0.181. The van der Waals surface area contributed by atoms with Crippen LogP contribution in [-0.4, -0.2) is 3.21 Å². The Kier molecular flexibility index (Phi) is 9.44. The van der Waals surface area contributed by atoms with Crippen LogP contribution in [0.25, 0.3) is 21.5 Å². The fraction of sp³-hybridized carbons (Fsp3) is 0.0312. The first kappa shape index (κ1) is 25.5. The minimum atomic E-state index is -2.44. The van der Waals surface area contributed by atoms with Crippen molar-refractivity contribution in [2.75, 3.05) is 0 Å². The van der Waals surface area contributed by atoms with Gasteiger partial charge in [0.25, 0.3) is 0 Å². The third kappa shape index (κ3) is 6.99. The molecule has 0 saturated carbocycles. The van der Waals surface area contributed by atoms with Gasteiger partial charge in [-0.05, 0) is 0 Å². The van der Waals surface area contributed by atoms with E-state index in [4.69, 9.17) is 17.0 Å². The Morgan fingerprint density at radius 2 is 1.06 bits per heavy atom. The maximum atomic E-state index is 6.24. The van der Waals surface area contributed by atoms with Gasteiger partial charge in [0.1, 0.15) is 0 Å². The van der Waals surface area contributed by atoms with Crippen molar-refractivity contribution in [3.63, 3.8) is 0 Å². The van der Waals surface area contributed by atoms with Crippen molar-refractivity contribution < 1.29 is 18.9 Å². The molecule has 0 aliphatic carbocycles. The largest absolute Gasteiger partial charge is 0.126 e. The molecule has 6 aromatic rings. The first-order chi connectivity index (χ1) is 17.1. The predicted octanol–water partition coefficient (Wildman–Crippen LogP) is 9.61. The standard InChI is InChI=1S/C13H9.C13H10.C6H7.2ClH.Zr/c1-3-7-12-10(5-1)9-11-6-2-4-8-13(11)12;1-3-7-12(8-4-1)11-13-9-5-2-6-10-13;1-6-4-2-3-5-6;;;/h1-9H;1-10H;2-5H,1H3;2*1H;/q-1;;-1;;;+2/p-2. The van der Waals surface area contributed by atoms with Crippen LogP contribution in [-0.2, 0) is 18.9 Å². The summed E-state index contributed by atoms with van der Waals surface area (Å²) in [5.74, 6) is 0. The molecular weight excluding hydrogens is 546 g/mol. The van der Waals surface area contributed by atoms with E-state index in [1.807, 2.05) is 48.5 Å². The van der Waals surface area contributed by atoms with E-state index < -0.39 is 18.9 Å². The van der Waals surface area contributed by atoms with Crippen LogP contribution in [0.1, 0.15) is 16.7 Å². The van der Waals surface area contributed by atoms with E-state index in [-0.39, 0.29) is 0 Å². The third-order valence-corrected chi connectivity index (χ3v) is 10.3. The van der Waals surface area contributed by atoms with Crippen molar-refractivity contribution in [2.45, 2.75) is 6.92 Å². The van der Waals surface area contributed by atoms with E-state index in [0.717, 1.165) is 14.3 Å². The van der Waals surface area contributed by atoms with E-state index in [1.165, 1.54) is 27.1 Å². The summed E-state index contributed by atoms with van der Waals surface area (Å²) in [6.45, 7) is 2.08. The number of aryl methyl sites for hydroxylation is 1. The van der Waals surface area contributed by atoms with Gasteiger partial charge >= 0.3 is 111 Å². The Bertz CT molecular complexity index is 1400. The summed E-state index contributed by atoms with van der Waals surface area (Å²) < 4.78 is 1.15. The molecule has 0 amide bonds. The Balaban J connectivity index is 0.000000136. The molecule has 0 fully saturated rings. The van der Waals surface area contributed by atoms with Gasteiger partial charge in [0, 0.05) is 0 Å². The van der Waals surface area contributed by atoms with Gasteiger partial charge in [-0.15, -0.1) is 39.7 Å². The Morgan fingerprint density at radius 3 is 1.43 bits per heavy atom. The predicted molar refractivity (Wildman–Crippen MR) is 152 cm³/mol. The first-order valence-corrected chi connectivity index (χ1v) is 19.1. The molecule has 0 aliphatic rings. The molecule has 0 aromatic heterocycles. The van der Waals surface area contributed by atoms with Gasteiger partial charge in [-0.1, -0.05) is 43.3 Å². The Morgan fingerprint density at radius 1 is 0.600 bits per heavy atom. The topological polar surface area (TPSA) is 0 Å².